The van der Waals surface area contributed by atoms with E-state index in [1.807, 2.05) is 0 Å². The molecule has 0 saturated heterocycles. The Labute approximate surface area is 119 Å². The number of oxazole rings is 1. The van der Waals surface area contributed by atoms with Crippen LogP contribution in [0, 0.1) is 5.82 Å². The van der Waals surface area contributed by atoms with E-state index >= 15 is 0 Å². The number of nitrogens with zero attached hydrogens (tertiary/aromatic N) is 1. The molecule has 6 heteroatoms. The van der Waals surface area contributed by atoms with E-state index in [0.717, 1.165) is 6.39 Å². The van der Waals surface area contributed by atoms with Gasteiger partial charge in [-0.1, -0.05) is 12.1 Å². The van der Waals surface area contributed by atoms with Gasteiger partial charge in [-0.25, -0.2) is 9.37 Å². The van der Waals surface area contributed by atoms with Crippen LogP contribution in [0.4, 0.5) is 4.39 Å². The average Bonchev–Trinajstić information content (AvgIpc) is 3.16. The fraction of sp³-hybridized carbons (Fsp3) is 0.0667. The Morgan fingerprint density at radius 3 is 2.90 bits per heavy atom. The zero-order chi connectivity index (χ0) is 14.7. The highest BCUT2D eigenvalue weighted by Gasteiger charge is 2.18. The van der Waals surface area contributed by atoms with Crippen LogP contribution in [0.15, 0.2) is 57.9 Å². The van der Waals surface area contributed by atoms with Crippen molar-refractivity contribution in [2.75, 3.05) is 0 Å². The number of benzene rings is 1. The Kier molecular flexibility index (Phi) is 3.51. The second-order valence-electron chi connectivity index (χ2n) is 4.30. The van der Waals surface area contributed by atoms with Crippen molar-refractivity contribution in [2.45, 2.75) is 6.54 Å². The van der Waals surface area contributed by atoms with Gasteiger partial charge in [0.25, 0.3) is 5.91 Å². The minimum atomic E-state index is -0.417. The summed E-state index contributed by atoms with van der Waals surface area (Å²) in [5.74, 6) is 0.0239. The van der Waals surface area contributed by atoms with Crippen LogP contribution in [0.2, 0.25) is 0 Å². The van der Waals surface area contributed by atoms with Gasteiger partial charge in [-0.05, 0) is 24.3 Å². The van der Waals surface area contributed by atoms with Crippen molar-refractivity contribution in [3.8, 4) is 11.3 Å². The molecular formula is C15H11FN2O3. The van der Waals surface area contributed by atoms with E-state index in [2.05, 4.69) is 10.3 Å². The lowest BCUT2D eigenvalue weighted by atomic mass is 10.1. The molecule has 0 radical (unpaired) electrons. The predicted octanol–water partition coefficient (Wildman–Crippen LogP) is 3.00. The van der Waals surface area contributed by atoms with Crippen molar-refractivity contribution in [1.82, 2.24) is 10.3 Å². The highest BCUT2D eigenvalue weighted by atomic mass is 19.1. The van der Waals surface area contributed by atoms with Crippen molar-refractivity contribution in [1.29, 1.82) is 0 Å². The van der Waals surface area contributed by atoms with Crippen molar-refractivity contribution < 1.29 is 18.0 Å². The minimum absolute atomic E-state index is 0.104. The second-order valence-corrected chi connectivity index (χ2v) is 4.30. The van der Waals surface area contributed by atoms with Gasteiger partial charge in [0, 0.05) is 5.56 Å². The molecule has 0 aliphatic carbocycles. The number of aromatic nitrogens is 1. The van der Waals surface area contributed by atoms with Crippen LogP contribution in [0.25, 0.3) is 11.3 Å². The SMILES string of the molecule is O=C(NCc1ccco1)c1ncoc1-c1cccc(F)c1. The summed E-state index contributed by atoms with van der Waals surface area (Å²) >= 11 is 0. The van der Waals surface area contributed by atoms with Crippen LogP contribution in [0.3, 0.4) is 0 Å². The first-order valence-corrected chi connectivity index (χ1v) is 6.24. The lowest BCUT2D eigenvalue weighted by Gasteiger charge is -2.03. The molecular weight excluding hydrogens is 275 g/mol. The molecule has 3 rings (SSSR count). The summed E-state index contributed by atoms with van der Waals surface area (Å²) in [5.41, 5.74) is 0.558. The number of amides is 1. The molecule has 5 nitrogen and oxygen atoms in total. The molecule has 1 aromatic carbocycles. The van der Waals surface area contributed by atoms with Crippen LogP contribution in [-0.4, -0.2) is 10.9 Å². The third-order valence-electron chi connectivity index (χ3n) is 2.87. The fourth-order valence-corrected chi connectivity index (χ4v) is 1.91. The Morgan fingerprint density at radius 1 is 1.24 bits per heavy atom. The lowest BCUT2D eigenvalue weighted by Crippen LogP contribution is -2.23. The monoisotopic (exact) mass is 286 g/mol. The standard InChI is InChI=1S/C15H11FN2O3/c16-11-4-1-3-10(7-11)14-13(18-9-21-14)15(19)17-8-12-5-2-6-20-12/h1-7,9H,8H2,(H,17,19). The van der Waals surface area contributed by atoms with Gasteiger partial charge >= 0.3 is 0 Å². The summed E-state index contributed by atoms with van der Waals surface area (Å²) < 4.78 is 23.6. The Morgan fingerprint density at radius 2 is 2.14 bits per heavy atom. The van der Waals surface area contributed by atoms with Gasteiger partial charge in [-0.15, -0.1) is 0 Å². The molecule has 2 aromatic heterocycles. The van der Waals surface area contributed by atoms with Gasteiger partial charge in [-0.2, -0.15) is 0 Å². The molecule has 0 bridgehead atoms. The Balaban J connectivity index is 1.80. The van der Waals surface area contributed by atoms with Gasteiger partial charge < -0.3 is 14.2 Å². The third kappa shape index (κ3) is 2.84. The molecule has 1 amide bonds. The van der Waals surface area contributed by atoms with Gasteiger partial charge in [0.2, 0.25) is 0 Å². The molecule has 0 aliphatic heterocycles. The Hall–Kier alpha value is -2.89. The van der Waals surface area contributed by atoms with Crippen molar-refractivity contribution in [2.24, 2.45) is 0 Å². The third-order valence-corrected chi connectivity index (χ3v) is 2.87. The normalized spacial score (nSPS) is 10.5. The maximum absolute atomic E-state index is 13.3. The van der Waals surface area contributed by atoms with E-state index in [9.17, 15) is 9.18 Å². The van der Waals surface area contributed by atoms with Crippen LogP contribution in [0.1, 0.15) is 16.2 Å². The highest BCUT2D eigenvalue weighted by molar-refractivity contribution is 5.97. The molecule has 0 atom stereocenters. The van der Waals surface area contributed by atoms with E-state index < -0.39 is 11.7 Å². The topological polar surface area (TPSA) is 68.3 Å². The van der Waals surface area contributed by atoms with E-state index in [-0.39, 0.29) is 18.0 Å². The zero-order valence-corrected chi connectivity index (χ0v) is 10.9. The number of nitrogens with one attached hydrogen (secondary N) is 1. The molecule has 0 aliphatic rings. The van der Waals surface area contributed by atoms with Crippen LogP contribution in [-0.2, 0) is 6.54 Å². The van der Waals surface area contributed by atoms with Crippen molar-refractivity contribution in [3.63, 3.8) is 0 Å². The van der Waals surface area contributed by atoms with Gasteiger partial charge in [0.1, 0.15) is 11.6 Å². The second kappa shape index (κ2) is 5.62. The molecule has 0 saturated carbocycles. The lowest BCUT2D eigenvalue weighted by molar-refractivity contribution is 0.0944. The minimum Gasteiger partial charge on any atom is -0.467 e. The summed E-state index contributed by atoms with van der Waals surface area (Å²) in [4.78, 5) is 16.0. The van der Waals surface area contributed by atoms with E-state index in [0.29, 0.717) is 11.3 Å². The maximum atomic E-state index is 13.3. The van der Waals surface area contributed by atoms with Gasteiger partial charge in [0.15, 0.2) is 17.8 Å². The largest absolute Gasteiger partial charge is 0.467 e. The highest BCUT2D eigenvalue weighted by Crippen LogP contribution is 2.23. The summed E-state index contributed by atoms with van der Waals surface area (Å²) in [6.07, 6.45) is 2.68. The average molecular weight is 286 g/mol. The van der Waals surface area contributed by atoms with Gasteiger partial charge in [0.05, 0.1) is 12.8 Å². The van der Waals surface area contributed by atoms with Crippen molar-refractivity contribution >= 4 is 5.91 Å². The number of carbonyl (C=O) groups is 1. The summed E-state index contributed by atoms with van der Waals surface area (Å²) in [5, 5.41) is 2.66. The van der Waals surface area contributed by atoms with E-state index in [1.54, 1.807) is 18.2 Å². The quantitative estimate of drug-likeness (QED) is 0.800. The number of furan rings is 1. The fourth-order valence-electron chi connectivity index (χ4n) is 1.91. The molecule has 0 spiro atoms. The molecule has 0 fully saturated rings. The molecule has 106 valence electrons. The van der Waals surface area contributed by atoms with Gasteiger partial charge in [-0.3, -0.25) is 4.79 Å². The molecule has 2 heterocycles. The smallest absolute Gasteiger partial charge is 0.274 e. The summed E-state index contributed by atoms with van der Waals surface area (Å²) in [7, 11) is 0. The Bertz CT molecular complexity index is 750. The number of rotatable bonds is 4. The number of hydrogen-bond donors (Lipinski definition) is 1. The first kappa shape index (κ1) is 13.1. The van der Waals surface area contributed by atoms with Crippen LogP contribution < -0.4 is 5.32 Å². The van der Waals surface area contributed by atoms with Crippen LogP contribution >= 0.6 is 0 Å². The first-order valence-electron chi connectivity index (χ1n) is 6.24. The molecule has 1 N–H and O–H groups in total. The maximum Gasteiger partial charge on any atom is 0.274 e. The molecule has 0 unspecified atom stereocenters. The first-order chi connectivity index (χ1) is 10.2. The molecule has 3 aromatic rings. The van der Waals surface area contributed by atoms with E-state index in [4.69, 9.17) is 8.83 Å². The summed E-state index contributed by atoms with van der Waals surface area (Å²) in [6, 6.07) is 9.26. The molecule has 21 heavy (non-hydrogen) atoms. The number of carbonyl (C=O) groups excluding carboxylic acids is 1. The van der Waals surface area contributed by atoms with Crippen molar-refractivity contribution in [3.05, 3.63) is 66.3 Å². The van der Waals surface area contributed by atoms with Crippen LogP contribution in [0.5, 0.6) is 0 Å². The summed E-state index contributed by atoms with van der Waals surface area (Å²) in [6.45, 7) is 0.237. The number of hydrogen-bond acceptors (Lipinski definition) is 4. The zero-order valence-electron chi connectivity index (χ0n) is 10.9. The van der Waals surface area contributed by atoms with E-state index in [1.165, 1.54) is 24.5 Å². The predicted molar refractivity (Wildman–Crippen MR) is 71.8 cm³/mol. The number of halogens is 1.